The maximum atomic E-state index is 6.02. The summed E-state index contributed by atoms with van der Waals surface area (Å²) in [5.74, 6) is 1.53. The summed E-state index contributed by atoms with van der Waals surface area (Å²) < 4.78 is 12.7. The number of nitrogens with one attached hydrogen (secondary N) is 1. The lowest BCUT2D eigenvalue weighted by Gasteiger charge is -2.13. The second-order valence-corrected chi connectivity index (χ2v) is 7.57. The number of nitrogens with zero attached hydrogens (tertiary/aromatic N) is 1. The molecule has 0 saturated carbocycles. The molecule has 3 aromatic rings. The lowest BCUT2D eigenvalue weighted by molar-refractivity contribution is 0.294. The van der Waals surface area contributed by atoms with Crippen molar-refractivity contribution in [1.29, 1.82) is 0 Å². The molecule has 0 saturated heterocycles. The number of benzene rings is 2. The standard InChI is InChI=1S/C22H22BrClN2O2/c23-19-7-10-21(28-16-17-5-8-20(24)9-6-17)18(14-19)15-25-11-3-13-27-22-4-1-2-12-26-22/h1-2,4-10,12,14,25H,3,11,13,15-16H2. The fourth-order valence-electron chi connectivity index (χ4n) is 2.60. The number of aromatic nitrogens is 1. The average molecular weight is 462 g/mol. The molecule has 4 nitrogen and oxygen atoms in total. The van der Waals surface area contributed by atoms with E-state index in [0.29, 0.717) is 19.1 Å². The number of halogens is 2. The van der Waals surface area contributed by atoms with Crippen molar-refractivity contribution in [3.8, 4) is 11.6 Å². The molecule has 0 fully saturated rings. The van der Waals surface area contributed by atoms with E-state index in [2.05, 4.69) is 32.3 Å². The highest BCUT2D eigenvalue weighted by Gasteiger charge is 2.06. The molecule has 146 valence electrons. The van der Waals surface area contributed by atoms with E-state index in [1.165, 1.54) is 0 Å². The van der Waals surface area contributed by atoms with Gasteiger partial charge in [-0.25, -0.2) is 4.98 Å². The zero-order chi connectivity index (χ0) is 19.6. The molecule has 1 heterocycles. The molecule has 0 unspecified atom stereocenters. The quantitative estimate of drug-likeness (QED) is 0.397. The van der Waals surface area contributed by atoms with Crippen LogP contribution in [0.4, 0.5) is 0 Å². The van der Waals surface area contributed by atoms with Crippen LogP contribution < -0.4 is 14.8 Å². The van der Waals surface area contributed by atoms with E-state index < -0.39 is 0 Å². The van der Waals surface area contributed by atoms with Gasteiger partial charge in [-0.2, -0.15) is 0 Å². The van der Waals surface area contributed by atoms with E-state index >= 15 is 0 Å². The van der Waals surface area contributed by atoms with Gasteiger partial charge in [-0.3, -0.25) is 0 Å². The zero-order valence-electron chi connectivity index (χ0n) is 15.4. The molecule has 28 heavy (non-hydrogen) atoms. The number of hydrogen-bond acceptors (Lipinski definition) is 4. The Kier molecular flexibility index (Phi) is 8.15. The Morgan fingerprint density at radius 3 is 2.64 bits per heavy atom. The Bertz CT molecular complexity index is 860. The number of rotatable bonds is 10. The number of hydrogen-bond donors (Lipinski definition) is 1. The van der Waals surface area contributed by atoms with Crippen molar-refractivity contribution < 1.29 is 9.47 Å². The van der Waals surface area contributed by atoms with Gasteiger partial charge in [0.25, 0.3) is 0 Å². The molecule has 0 aliphatic heterocycles. The fourth-order valence-corrected chi connectivity index (χ4v) is 3.13. The predicted octanol–water partition coefficient (Wildman–Crippen LogP) is 5.64. The van der Waals surface area contributed by atoms with Gasteiger partial charge >= 0.3 is 0 Å². The molecule has 6 heteroatoms. The third kappa shape index (κ3) is 6.82. The Hall–Kier alpha value is -2.08. The molecule has 0 aliphatic carbocycles. The number of ether oxygens (including phenoxy) is 2. The summed E-state index contributed by atoms with van der Waals surface area (Å²) in [4.78, 5) is 4.14. The van der Waals surface area contributed by atoms with Gasteiger partial charge in [0.05, 0.1) is 6.61 Å². The van der Waals surface area contributed by atoms with E-state index in [4.69, 9.17) is 21.1 Å². The summed E-state index contributed by atoms with van der Waals surface area (Å²) in [5.41, 5.74) is 2.19. The molecular formula is C22H22BrClN2O2. The van der Waals surface area contributed by atoms with Crippen LogP contribution in [-0.4, -0.2) is 18.1 Å². The van der Waals surface area contributed by atoms with Crippen LogP contribution in [-0.2, 0) is 13.2 Å². The second kappa shape index (κ2) is 11.1. The third-order valence-electron chi connectivity index (χ3n) is 4.03. The van der Waals surface area contributed by atoms with Crippen LogP contribution in [0.25, 0.3) is 0 Å². The topological polar surface area (TPSA) is 43.4 Å². The summed E-state index contributed by atoms with van der Waals surface area (Å²) >= 11 is 9.47. The third-order valence-corrected chi connectivity index (χ3v) is 4.78. The molecule has 0 atom stereocenters. The molecule has 0 spiro atoms. The molecular weight excluding hydrogens is 440 g/mol. The monoisotopic (exact) mass is 460 g/mol. The zero-order valence-corrected chi connectivity index (χ0v) is 17.7. The van der Waals surface area contributed by atoms with Crippen LogP contribution in [0.2, 0.25) is 5.02 Å². The average Bonchev–Trinajstić information content (AvgIpc) is 2.72. The van der Waals surface area contributed by atoms with Crippen LogP contribution in [0.1, 0.15) is 17.5 Å². The first-order valence-corrected chi connectivity index (χ1v) is 10.3. The van der Waals surface area contributed by atoms with Crippen LogP contribution in [0.15, 0.2) is 71.3 Å². The second-order valence-electron chi connectivity index (χ2n) is 6.21. The molecule has 0 amide bonds. The van der Waals surface area contributed by atoms with Crippen LogP contribution >= 0.6 is 27.5 Å². The van der Waals surface area contributed by atoms with Gasteiger partial charge in [-0.1, -0.05) is 45.7 Å². The minimum atomic E-state index is 0.504. The van der Waals surface area contributed by atoms with E-state index in [1.54, 1.807) is 6.20 Å². The van der Waals surface area contributed by atoms with Gasteiger partial charge in [0.2, 0.25) is 5.88 Å². The highest BCUT2D eigenvalue weighted by Crippen LogP contribution is 2.24. The van der Waals surface area contributed by atoms with Crippen LogP contribution in [0.3, 0.4) is 0 Å². The van der Waals surface area contributed by atoms with Gasteiger partial charge in [0.1, 0.15) is 12.4 Å². The Balaban J connectivity index is 1.45. The first kappa shape index (κ1) is 20.6. The van der Waals surface area contributed by atoms with Crippen molar-refractivity contribution in [2.45, 2.75) is 19.6 Å². The number of pyridine rings is 1. The van der Waals surface area contributed by atoms with Crippen molar-refractivity contribution >= 4 is 27.5 Å². The van der Waals surface area contributed by atoms with Crippen molar-refractivity contribution in [3.63, 3.8) is 0 Å². The van der Waals surface area contributed by atoms with Crippen molar-refractivity contribution in [2.75, 3.05) is 13.2 Å². The first-order valence-electron chi connectivity index (χ1n) is 9.11. The van der Waals surface area contributed by atoms with Crippen molar-refractivity contribution in [1.82, 2.24) is 10.3 Å². The van der Waals surface area contributed by atoms with Crippen LogP contribution in [0, 0.1) is 0 Å². The van der Waals surface area contributed by atoms with Gasteiger partial charge in [0.15, 0.2) is 0 Å². The molecule has 0 bridgehead atoms. The molecule has 1 aromatic heterocycles. The van der Waals surface area contributed by atoms with Gasteiger partial charge in [-0.05, 0) is 54.9 Å². The van der Waals surface area contributed by atoms with Crippen molar-refractivity contribution in [2.24, 2.45) is 0 Å². The minimum Gasteiger partial charge on any atom is -0.489 e. The maximum Gasteiger partial charge on any atom is 0.213 e. The molecule has 0 radical (unpaired) electrons. The fraction of sp³-hybridized carbons (Fsp3) is 0.227. The van der Waals surface area contributed by atoms with E-state index in [1.807, 2.05) is 54.6 Å². The summed E-state index contributed by atoms with van der Waals surface area (Å²) in [6, 6.07) is 19.4. The minimum absolute atomic E-state index is 0.504. The summed E-state index contributed by atoms with van der Waals surface area (Å²) in [5, 5.41) is 4.17. The first-order chi connectivity index (χ1) is 13.7. The van der Waals surface area contributed by atoms with Gasteiger partial charge in [-0.15, -0.1) is 0 Å². The lowest BCUT2D eigenvalue weighted by Crippen LogP contribution is -2.17. The lowest BCUT2D eigenvalue weighted by atomic mass is 10.2. The highest BCUT2D eigenvalue weighted by atomic mass is 79.9. The normalized spacial score (nSPS) is 10.6. The van der Waals surface area contributed by atoms with Gasteiger partial charge < -0.3 is 14.8 Å². The predicted molar refractivity (Wildman–Crippen MR) is 116 cm³/mol. The van der Waals surface area contributed by atoms with Gasteiger partial charge in [0, 0.05) is 33.9 Å². The van der Waals surface area contributed by atoms with Crippen LogP contribution in [0.5, 0.6) is 11.6 Å². The Labute approximate surface area is 179 Å². The largest absolute Gasteiger partial charge is 0.489 e. The van der Waals surface area contributed by atoms with E-state index in [9.17, 15) is 0 Å². The highest BCUT2D eigenvalue weighted by molar-refractivity contribution is 9.10. The Morgan fingerprint density at radius 2 is 1.86 bits per heavy atom. The van der Waals surface area contributed by atoms with Crippen molar-refractivity contribution in [3.05, 3.63) is 87.5 Å². The summed E-state index contributed by atoms with van der Waals surface area (Å²) in [6.07, 6.45) is 2.62. The molecule has 0 aliphatic rings. The van der Waals surface area contributed by atoms with E-state index in [0.717, 1.165) is 45.9 Å². The molecule has 3 rings (SSSR count). The summed E-state index contributed by atoms with van der Waals surface area (Å²) in [7, 11) is 0. The smallest absolute Gasteiger partial charge is 0.213 e. The summed E-state index contributed by atoms with van der Waals surface area (Å²) in [6.45, 7) is 2.70. The molecule has 1 N–H and O–H groups in total. The maximum absolute atomic E-state index is 6.02. The Morgan fingerprint density at radius 1 is 1.00 bits per heavy atom. The SMILES string of the molecule is Clc1ccc(COc2ccc(Br)cc2CNCCCOc2ccccn2)cc1. The molecule has 2 aromatic carbocycles. The van der Waals surface area contributed by atoms with E-state index in [-0.39, 0.29) is 0 Å².